The Balaban J connectivity index is 2.61. The van der Waals surface area contributed by atoms with Gasteiger partial charge in [-0.05, 0) is 47.7 Å². The van der Waals surface area contributed by atoms with Gasteiger partial charge >= 0.3 is 0 Å². The van der Waals surface area contributed by atoms with E-state index in [1.807, 2.05) is 16.8 Å². The molecule has 0 aliphatic rings. The average molecular weight is 357 g/mol. The third kappa shape index (κ3) is 5.85. The zero-order chi connectivity index (χ0) is 16.0. The van der Waals surface area contributed by atoms with Crippen LogP contribution >= 0.6 is 15.9 Å². The summed E-state index contributed by atoms with van der Waals surface area (Å²) >= 11 is 3.45. The fourth-order valence-corrected chi connectivity index (χ4v) is 2.84. The first-order valence-electron chi connectivity index (χ1n) is 7.92. The number of nitrogens with one attached hydrogen (secondary N) is 1. The van der Waals surface area contributed by atoms with Crippen LogP contribution in [0, 0.1) is 5.41 Å². The highest BCUT2D eigenvalue weighted by Crippen LogP contribution is 2.23. The van der Waals surface area contributed by atoms with Gasteiger partial charge in [0.25, 0.3) is 5.91 Å². The predicted octanol–water partition coefficient (Wildman–Crippen LogP) is 5.17. The number of amides is 1. The van der Waals surface area contributed by atoms with Crippen LogP contribution in [0.2, 0.25) is 0 Å². The van der Waals surface area contributed by atoms with Crippen LogP contribution in [0.4, 0.5) is 0 Å². The Morgan fingerprint density at radius 3 is 2.62 bits per heavy atom. The molecule has 21 heavy (non-hydrogen) atoms. The molecule has 1 aromatic rings. The second-order valence-electron chi connectivity index (χ2n) is 6.85. The lowest BCUT2D eigenvalue weighted by Gasteiger charge is -2.25. The van der Waals surface area contributed by atoms with E-state index >= 15 is 0 Å². The maximum atomic E-state index is 12.4. The standard InChI is InChI=1S/C17H29BrN2O/c1-6-7-8-9-17(4,5)12-19-16(21)15-10-14(18)11-20(15)13(2)3/h10-11,13H,6-9,12H2,1-5H3,(H,19,21). The third-order valence-electron chi connectivity index (χ3n) is 3.79. The first-order valence-corrected chi connectivity index (χ1v) is 8.71. The Hall–Kier alpha value is -0.770. The van der Waals surface area contributed by atoms with Crippen LogP contribution < -0.4 is 5.32 Å². The van der Waals surface area contributed by atoms with Gasteiger partial charge in [-0.2, -0.15) is 0 Å². The molecule has 0 bridgehead atoms. The van der Waals surface area contributed by atoms with Gasteiger partial charge in [-0.15, -0.1) is 0 Å². The van der Waals surface area contributed by atoms with Gasteiger partial charge < -0.3 is 9.88 Å². The summed E-state index contributed by atoms with van der Waals surface area (Å²) in [6.45, 7) is 11.5. The Labute approximate surface area is 137 Å². The predicted molar refractivity (Wildman–Crippen MR) is 92.8 cm³/mol. The van der Waals surface area contributed by atoms with Crippen molar-refractivity contribution < 1.29 is 4.79 Å². The quantitative estimate of drug-likeness (QED) is 0.640. The third-order valence-corrected chi connectivity index (χ3v) is 4.22. The monoisotopic (exact) mass is 356 g/mol. The van der Waals surface area contributed by atoms with Crippen LogP contribution in [0.25, 0.3) is 0 Å². The molecule has 1 rings (SSSR count). The molecule has 0 saturated carbocycles. The molecule has 0 saturated heterocycles. The minimum Gasteiger partial charge on any atom is -0.350 e. The minimum absolute atomic E-state index is 0.0120. The van der Waals surface area contributed by atoms with Crippen molar-refractivity contribution in [1.82, 2.24) is 9.88 Å². The molecule has 0 aliphatic carbocycles. The molecule has 1 amide bonds. The fraction of sp³-hybridized carbons (Fsp3) is 0.706. The van der Waals surface area contributed by atoms with E-state index in [1.165, 1.54) is 19.3 Å². The molecule has 1 heterocycles. The topological polar surface area (TPSA) is 34.0 Å². The van der Waals surface area contributed by atoms with Crippen LogP contribution in [0.15, 0.2) is 16.7 Å². The number of hydrogen-bond acceptors (Lipinski definition) is 1. The summed E-state index contributed by atoms with van der Waals surface area (Å²) in [7, 11) is 0. The molecule has 3 nitrogen and oxygen atoms in total. The summed E-state index contributed by atoms with van der Waals surface area (Å²) in [5.74, 6) is 0.0120. The van der Waals surface area contributed by atoms with Crippen molar-refractivity contribution in [2.45, 2.75) is 66.3 Å². The van der Waals surface area contributed by atoms with Crippen molar-refractivity contribution in [3.8, 4) is 0 Å². The minimum atomic E-state index is 0.0120. The zero-order valence-electron chi connectivity index (χ0n) is 14.0. The van der Waals surface area contributed by atoms with E-state index in [2.05, 4.69) is 55.9 Å². The Bertz CT molecular complexity index is 463. The van der Waals surface area contributed by atoms with Crippen LogP contribution in [0.1, 0.15) is 76.8 Å². The van der Waals surface area contributed by atoms with E-state index in [0.29, 0.717) is 0 Å². The average Bonchev–Trinajstić information content (AvgIpc) is 2.79. The highest BCUT2D eigenvalue weighted by molar-refractivity contribution is 9.10. The number of carbonyl (C=O) groups excluding carboxylic acids is 1. The number of rotatable bonds is 8. The molecule has 0 fully saturated rings. The summed E-state index contributed by atoms with van der Waals surface area (Å²) < 4.78 is 2.95. The van der Waals surface area contributed by atoms with Gasteiger partial charge in [0, 0.05) is 23.3 Å². The number of halogens is 1. The van der Waals surface area contributed by atoms with E-state index in [4.69, 9.17) is 0 Å². The van der Waals surface area contributed by atoms with Crippen LogP contribution in [-0.2, 0) is 0 Å². The highest BCUT2D eigenvalue weighted by Gasteiger charge is 2.20. The molecule has 0 spiro atoms. The molecule has 4 heteroatoms. The van der Waals surface area contributed by atoms with Crippen molar-refractivity contribution in [1.29, 1.82) is 0 Å². The summed E-state index contributed by atoms with van der Waals surface area (Å²) in [6.07, 6.45) is 6.84. The van der Waals surface area contributed by atoms with Gasteiger partial charge in [-0.1, -0.05) is 40.0 Å². The number of nitrogens with zero attached hydrogens (tertiary/aromatic N) is 1. The smallest absolute Gasteiger partial charge is 0.267 e. The molecular weight excluding hydrogens is 328 g/mol. The van der Waals surface area contributed by atoms with Crippen molar-refractivity contribution >= 4 is 21.8 Å². The normalized spacial score (nSPS) is 12.0. The maximum absolute atomic E-state index is 12.4. The lowest BCUT2D eigenvalue weighted by atomic mass is 9.87. The van der Waals surface area contributed by atoms with Gasteiger partial charge in [0.05, 0.1) is 0 Å². The number of aromatic nitrogens is 1. The van der Waals surface area contributed by atoms with E-state index in [0.717, 1.165) is 23.1 Å². The molecular formula is C17H29BrN2O. The molecule has 1 N–H and O–H groups in total. The van der Waals surface area contributed by atoms with Crippen molar-refractivity contribution in [2.24, 2.45) is 5.41 Å². The summed E-state index contributed by atoms with van der Waals surface area (Å²) in [4.78, 5) is 12.4. The van der Waals surface area contributed by atoms with Gasteiger partial charge in [-0.25, -0.2) is 0 Å². The van der Waals surface area contributed by atoms with Crippen molar-refractivity contribution in [3.05, 3.63) is 22.4 Å². The summed E-state index contributed by atoms with van der Waals surface area (Å²) in [5.41, 5.74) is 0.873. The first-order chi connectivity index (χ1) is 9.76. The van der Waals surface area contributed by atoms with E-state index in [9.17, 15) is 4.79 Å². The summed E-state index contributed by atoms with van der Waals surface area (Å²) in [5, 5.41) is 3.09. The highest BCUT2D eigenvalue weighted by atomic mass is 79.9. The van der Waals surface area contributed by atoms with Crippen molar-refractivity contribution in [2.75, 3.05) is 6.54 Å². The van der Waals surface area contributed by atoms with E-state index in [1.54, 1.807) is 0 Å². The Kier molecular flexibility index (Phi) is 6.98. The number of carbonyl (C=O) groups is 1. The number of unbranched alkanes of at least 4 members (excludes halogenated alkanes) is 2. The Morgan fingerprint density at radius 2 is 2.05 bits per heavy atom. The zero-order valence-corrected chi connectivity index (χ0v) is 15.6. The molecule has 0 aliphatic heterocycles. The lowest BCUT2D eigenvalue weighted by molar-refractivity contribution is 0.0923. The molecule has 120 valence electrons. The lowest BCUT2D eigenvalue weighted by Crippen LogP contribution is -2.35. The second kappa shape index (κ2) is 8.02. The molecule has 1 aromatic heterocycles. The summed E-state index contributed by atoms with van der Waals surface area (Å²) in [6, 6.07) is 2.16. The van der Waals surface area contributed by atoms with Gasteiger partial charge in [0.2, 0.25) is 0 Å². The van der Waals surface area contributed by atoms with Crippen LogP contribution in [0.3, 0.4) is 0 Å². The molecule has 0 unspecified atom stereocenters. The van der Waals surface area contributed by atoms with E-state index < -0.39 is 0 Å². The fourth-order valence-electron chi connectivity index (χ4n) is 2.41. The van der Waals surface area contributed by atoms with Crippen LogP contribution in [0.5, 0.6) is 0 Å². The van der Waals surface area contributed by atoms with Crippen molar-refractivity contribution in [3.63, 3.8) is 0 Å². The Morgan fingerprint density at radius 1 is 1.38 bits per heavy atom. The molecule has 0 atom stereocenters. The molecule has 0 radical (unpaired) electrons. The molecule has 0 aromatic carbocycles. The van der Waals surface area contributed by atoms with Gasteiger partial charge in [-0.3, -0.25) is 4.79 Å². The first kappa shape index (κ1) is 18.3. The largest absolute Gasteiger partial charge is 0.350 e. The van der Waals surface area contributed by atoms with Gasteiger partial charge in [0.1, 0.15) is 5.69 Å². The number of hydrogen-bond donors (Lipinski definition) is 1. The maximum Gasteiger partial charge on any atom is 0.267 e. The van der Waals surface area contributed by atoms with Crippen LogP contribution in [-0.4, -0.2) is 17.0 Å². The SMILES string of the molecule is CCCCCC(C)(C)CNC(=O)c1cc(Br)cn1C(C)C. The second-order valence-corrected chi connectivity index (χ2v) is 7.76. The van der Waals surface area contributed by atoms with Gasteiger partial charge in [0.15, 0.2) is 0 Å². The van der Waals surface area contributed by atoms with E-state index in [-0.39, 0.29) is 17.4 Å².